The number of carbonyl (C=O) groups excluding carboxylic acids is 1. The van der Waals surface area contributed by atoms with Crippen molar-refractivity contribution in [2.24, 2.45) is 35.0 Å². The summed E-state index contributed by atoms with van der Waals surface area (Å²) in [5.41, 5.74) is 18.1. The molecular formula is C21H38N6O4. The zero-order chi connectivity index (χ0) is 22.0. The summed E-state index contributed by atoms with van der Waals surface area (Å²) in [6.07, 6.45) is 5.88. The molecule has 1 saturated carbocycles. The van der Waals surface area contributed by atoms with Gasteiger partial charge in [0, 0.05) is 12.8 Å². The average molecular weight is 439 g/mol. The van der Waals surface area contributed by atoms with Crippen LogP contribution in [-0.2, 0) is 14.3 Å². The smallest absolute Gasteiger partial charge is 0.220 e. The Morgan fingerprint density at radius 1 is 1.19 bits per heavy atom. The van der Waals surface area contributed by atoms with Gasteiger partial charge in [-0.05, 0) is 55.9 Å². The first kappa shape index (κ1) is 22.9. The van der Waals surface area contributed by atoms with E-state index >= 15 is 0 Å². The first-order valence-electron chi connectivity index (χ1n) is 11.6. The van der Waals surface area contributed by atoms with Crippen LogP contribution in [-0.4, -0.2) is 55.2 Å². The summed E-state index contributed by atoms with van der Waals surface area (Å²) in [6, 6.07) is 0. The molecule has 10 N–H and O–H groups in total. The molecule has 0 aromatic carbocycles. The molecule has 4 aliphatic rings. The third-order valence-corrected chi connectivity index (χ3v) is 7.05. The van der Waals surface area contributed by atoms with Crippen LogP contribution in [0, 0.1) is 17.8 Å². The number of allylic oxidation sites excluding steroid dienone is 1. The van der Waals surface area contributed by atoms with Gasteiger partial charge in [0.05, 0.1) is 37.2 Å². The summed E-state index contributed by atoms with van der Waals surface area (Å²) in [7, 11) is 0. The first-order chi connectivity index (χ1) is 14.9. The lowest BCUT2D eigenvalue weighted by molar-refractivity contribution is -0.123. The van der Waals surface area contributed by atoms with E-state index in [0.29, 0.717) is 19.0 Å². The van der Waals surface area contributed by atoms with Crippen molar-refractivity contribution < 1.29 is 19.4 Å². The number of aliphatic hydroxyl groups excluding tert-OH is 1. The maximum atomic E-state index is 12.3. The number of nitrogens with one attached hydrogen (secondary N) is 3. The van der Waals surface area contributed by atoms with Crippen LogP contribution in [0.3, 0.4) is 0 Å². The van der Waals surface area contributed by atoms with E-state index in [4.69, 9.17) is 26.7 Å². The van der Waals surface area contributed by atoms with Gasteiger partial charge in [0.15, 0.2) is 6.23 Å². The van der Waals surface area contributed by atoms with Crippen molar-refractivity contribution in [3.8, 4) is 0 Å². The number of amides is 1. The van der Waals surface area contributed by atoms with Crippen LogP contribution in [0.4, 0.5) is 0 Å². The summed E-state index contributed by atoms with van der Waals surface area (Å²) in [5.74, 6) is 1.67. The van der Waals surface area contributed by atoms with Crippen LogP contribution < -0.4 is 33.2 Å². The average Bonchev–Trinajstić information content (AvgIpc) is 3.27. The van der Waals surface area contributed by atoms with Crippen molar-refractivity contribution >= 4 is 5.91 Å². The molecule has 2 fully saturated rings. The molecule has 0 bridgehead atoms. The van der Waals surface area contributed by atoms with Crippen molar-refractivity contribution in [1.82, 2.24) is 16.0 Å². The maximum Gasteiger partial charge on any atom is 0.220 e. The topological polar surface area (TPSA) is 170 Å². The molecule has 2 heterocycles. The zero-order valence-corrected chi connectivity index (χ0v) is 18.1. The number of hydrogen-bond donors (Lipinski definition) is 7. The molecule has 176 valence electrons. The second-order valence-corrected chi connectivity index (χ2v) is 9.44. The van der Waals surface area contributed by atoms with E-state index in [1.165, 1.54) is 5.57 Å². The van der Waals surface area contributed by atoms with Gasteiger partial charge in [-0.1, -0.05) is 0 Å². The lowest BCUT2D eigenvalue weighted by atomic mass is 9.83. The van der Waals surface area contributed by atoms with E-state index in [1.54, 1.807) is 0 Å². The molecule has 4 rings (SSSR count). The first-order valence-corrected chi connectivity index (χ1v) is 11.6. The van der Waals surface area contributed by atoms with Crippen molar-refractivity contribution in [2.45, 2.75) is 82.3 Å². The van der Waals surface area contributed by atoms with Crippen molar-refractivity contribution in [2.75, 3.05) is 13.2 Å². The number of hydrogen-bond acceptors (Lipinski definition) is 9. The van der Waals surface area contributed by atoms with E-state index in [1.807, 2.05) is 0 Å². The highest BCUT2D eigenvalue weighted by Crippen LogP contribution is 2.48. The molecule has 5 atom stereocenters. The molecule has 0 radical (unpaired) electrons. The largest absolute Gasteiger partial charge is 0.479 e. The fourth-order valence-electron chi connectivity index (χ4n) is 5.64. The van der Waals surface area contributed by atoms with E-state index in [0.717, 1.165) is 50.7 Å². The van der Waals surface area contributed by atoms with Gasteiger partial charge in [0.1, 0.15) is 12.5 Å². The Morgan fingerprint density at radius 2 is 1.97 bits per heavy atom. The molecule has 10 nitrogen and oxygen atoms in total. The van der Waals surface area contributed by atoms with Gasteiger partial charge in [-0.15, -0.1) is 0 Å². The number of nitrogens with two attached hydrogens (primary N) is 3. The lowest BCUT2D eigenvalue weighted by Gasteiger charge is -2.40. The molecule has 0 spiro atoms. The van der Waals surface area contributed by atoms with Gasteiger partial charge in [0.2, 0.25) is 5.91 Å². The van der Waals surface area contributed by atoms with Gasteiger partial charge in [-0.25, -0.2) is 0 Å². The van der Waals surface area contributed by atoms with Crippen LogP contribution in [0.5, 0.6) is 0 Å². The number of aliphatic hydroxyl groups is 1. The minimum atomic E-state index is -1.04. The highest BCUT2D eigenvalue weighted by atomic mass is 16.5. The van der Waals surface area contributed by atoms with Crippen LogP contribution in [0.15, 0.2) is 11.3 Å². The van der Waals surface area contributed by atoms with Crippen LogP contribution >= 0.6 is 0 Å². The second-order valence-electron chi connectivity index (χ2n) is 9.44. The molecule has 0 aromatic heterocycles. The number of ether oxygens (including phenoxy) is 2. The molecule has 10 heteroatoms. The highest BCUT2D eigenvalue weighted by molar-refractivity contribution is 5.76. The Balaban J connectivity index is 1.36. The predicted molar refractivity (Wildman–Crippen MR) is 114 cm³/mol. The predicted octanol–water partition coefficient (Wildman–Crippen LogP) is -0.908. The second kappa shape index (κ2) is 10.1. The normalized spacial score (nSPS) is 36.2. The van der Waals surface area contributed by atoms with E-state index in [2.05, 4.69) is 16.0 Å². The molecule has 2 aliphatic carbocycles. The van der Waals surface area contributed by atoms with Gasteiger partial charge in [-0.3, -0.25) is 15.4 Å². The quantitative estimate of drug-likeness (QED) is 0.237. The SMILES string of the molecule is NC(N)CC1CCC(OC2NCNC3OC4=C(C(CC(=O)NCC(N)O)CC4)C32)CC1. The van der Waals surface area contributed by atoms with E-state index in [-0.39, 0.29) is 49.0 Å². The number of fused-ring (bicyclic) bond motifs is 2. The van der Waals surface area contributed by atoms with Gasteiger partial charge in [0.25, 0.3) is 0 Å². The van der Waals surface area contributed by atoms with Gasteiger partial charge < -0.3 is 37.1 Å². The Morgan fingerprint density at radius 3 is 2.68 bits per heavy atom. The van der Waals surface area contributed by atoms with Crippen LogP contribution in [0.1, 0.15) is 51.4 Å². The third-order valence-electron chi connectivity index (χ3n) is 7.05. The summed E-state index contributed by atoms with van der Waals surface area (Å²) >= 11 is 0. The lowest BCUT2D eigenvalue weighted by Crippen LogP contribution is -2.59. The molecule has 1 saturated heterocycles. The van der Waals surface area contributed by atoms with Gasteiger partial charge in [-0.2, -0.15) is 0 Å². The summed E-state index contributed by atoms with van der Waals surface area (Å²) < 4.78 is 12.8. The maximum absolute atomic E-state index is 12.3. The van der Waals surface area contributed by atoms with E-state index < -0.39 is 6.23 Å². The van der Waals surface area contributed by atoms with E-state index in [9.17, 15) is 9.90 Å². The molecule has 0 aromatic rings. The summed E-state index contributed by atoms with van der Waals surface area (Å²) in [4.78, 5) is 12.3. The minimum absolute atomic E-state index is 0.0549. The minimum Gasteiger partial charge on any atom is -0.479 e. The summed E-state index contributed by atoms with van der Waals surface area (Å²) in [6.45, 7) is 0.690. The third kappa shape index (κ3) is 5.57. The highest BCUT2D eigenvalue weighted by Gasteiger charge is 2.49. The standard InChI is InChI=1S/C21H38N6O4/c22-15(23)7-11-1-4-13(5-2-11)30-20-19-18-12(8-17(29)25-9-16(24)28)3-6-14(18)31-21(19)27-10-26-20/h11-13,15-16,19-21,26-28H,1-10,22-24H2,(H,25,29). The number of carbonyl (C=O) groups is 1. The fraction of sp³-hybridized carbons (Fsp3) is 0.857. The Bertz CT molecular complexity index is 664. The van der Waals surface area contributed by atoms with Crippen molar-refractivity contribution in [1.29, 1.82) is 0 Å². The Labute approximate surface area is 183 Å². The fourth-order valence-corrected chi connectivity index (χ4v) is 5.64. The van der Waals surface area contributed by atoms with Crippen molar-refractivity contribution in [3.05, 3.63) is 11.3 Å². The monoisotopic (exact) mass is 438 g/mol. The Kier molecular flexibility index (Phi) is 7.48. The van der Waals surface area contributed by atoms with Crippen LogP contribution in [0.25, 0.3) is 0 Å². The molecule has 2 aliphatic heterocycles. The number of rotatable bonds is 8. The molecule has 5 unspecified atom stereocenters. The molecule has 1 amide bonds. The van der Waals surface area contributed by atoms with Gasteiger partial charge >= 0.3 is 0 Å². The molecular weight excluding hydrogens is 400 g/mol. The summed E-state index contributed by atoms with van der Waals surface area (Å²) in [5, 5.41) is 18.8. The zero-order valence-electron chi connectivity index (χ0n) is 18.1. The molecule has 31 heavy (non-hydrogen) atoms. The Hall–Kier alpha value is -1.27. The van der Waals surface area contributed by atoms with Crippen LogP contribution in [0.2, 0.25) is 0 Å². The van der Waals surface area contributed by atoms with Crippen molar-refractivity contribution in [3.63, 3.8) is 0 Å².